The van der Waals surface area contributed by atoms with E-state index in [1.807, 2.05) is 0 Å². The van der Waals surface area contributed by atoms with Crippen LogP contribution in [0.1, 0.15) is 26.7 Å². The Labute approximate surface area is 89.6 Å². The predicted octanol–water partition coefficient (Wildman–Crippen LogP) is -0.0509. The zero-order valence-electron chi connectivity index (χ0n) is 9.08. The molecule has 0 aromatic carbocycles. The van der Waals surface area contributed by atoms with Gasteiger partial charge in [0, 0.05) is 13.0 Å². The second-order valence-corrected chi connectivity index (χ2v) is 3.44. The van der Waals surface area contributed by atoms with Crippen LogP contribution in [-0.4, -0.2) is 29.0 Å². The normalized spacial score (nSPS) is 15.0. The molecule has 1 unspecified atom stereocenters. The van der Waals surface area contributed by atoms with E-state index < -0.39 is 11.5 Å². The van der Waals surface area contributed by atoms with Gasteiger partial charge >= 0.3 is 5.97 Å². The van der Waals surface area contributed by atoms with E-state index in [2.05, 4.69) is 16.8 Å². The molecule has 0 spiro atoms. The van der Waals surface area contributed by atoms with E-state index in [9.17, 15) is 4.79 Å². The lowest BCUT2D eigenvalue weighted by molar-refractivity contribution is -0.140. The molecule has 84 valence electrons. The number of hydrogen-bond acceptors (Lipinski definition) is 3. The average Bonchev–Trinajstić information content (AvgIpc) is 2.10. The van der Waals surface area contributed by atoms with Gasteiger partial charge in [0.05, 0.1) is 5.84 Å². The van der Waals surface area contributed by atoms with Crippen molar-refractivity contribution in [1.29, 1.82) is 0 Å². The van der Waals surface area contributed by atoms with Crippen molar-refractivity contribution < 1.29 is 9.90 Å². The van der Waals surface area contributed by atoms with Crippen molar-refractivity contribution in [2.24, 2.45) is 16.5 Å². The number of rotatable bonds is 4. The fourth-order valence-corrected chi connectivity index (χ4v) is 0.722. The highest BCUT2D eigenvalue weighted by atomic mass is 16.4. The number of unbranched alkanes of at least 4 members (excludes halogenated alkanes) is 1. The molecule has 0 aromatic rings. The molecule has 0 aliphatic heterocycles. The molecule has 0 saturated carbocycles. The number of amidine groups is 1. The van der Waals surface area contributed by atoms with Crippen molar-refractivity contribution in [3.05, 3.63) is 0 Å². The Hall–Kier alpha value is -1.54. The monoisotopic (exact) mass is 211 g/mol. The topological polar surface area (TPSA) is 102 Å². The molecule has 0 radical (unpaired) electrons. The van der Waals surface area contributed by atoms with Crippen LogP contribution in [0.5, 0.6) is 0 Å². The summed E-state index contributed by atoms with van der Waals surface area (Å²) in [4.78, 5) is 14.5. The minimum Gasteiger partial charge on any atom is -0.479 e. The molecule has 0 fully saturated rings. The third-order valence-corrected chi connectivity index (χ3v) is 1.61. The molecule has 0 saturated heterocycles. The Morgan fingerprint density at radius 3 is 2.67 bits per heavy atom. The molecule has 0 aliphatic rings. The van der Waals surface area contributed by atoms with Crippen LogP contribution in [0.2, 0.25) is 0 Å². The Kier molecular flexibility index (Phi) is 5.42. The number of aliphatic carboxylic acids is 1. The number of nitrogens with zero attached hydrogens (tertiary/aromatic N) is 1. The third-order valence-electron chi connectivity index (χ3n) is 1.61. The zero-order chi connectivity index (χ0) is 11.9. The molecular formula is C10H17N3O2. The molecule has 0 aromatic heterocycles. The first kappa shape index (κ1) is 13.5. The summed E-state index contributed by atoms with van der Waals surface area (Å²) in [6.07, 6.45) is 1.31. The molecule has 0 heterocycles. The first-order valence-electron chi connectivity index (χ1n) is 4.65. The van der Waals surface area contributed by atoms with Crippen molar-refractivity contribution in [3.8, 4) is 11.8 Å². The van der Waals surface area contributed by atoms with Crippen molar-refractivity contribution in [2.75, 3.05) is 6.54 Å². The number of hydrogen-bond donors (Lipinski definition) is 3. The van der Waals surface area contributed by atoms with E-state index in [1.165, 1.54) is 6.92 Å². The van der Waals surface area contributed by atoms with E-state index >= 15 is 0 Å². The second-order valence-electron chi connectivity index (χ2n) is 3.44. The fraction of sp³-hybridized carbons (Fsp3) is 0.600. The van der Waals surface area contributed by atoms with Gasteiger partial charge in [0.1, 0.15) is 0 Å². The molecule has 1 atom stereocenters. The number of aliphatic imine (C=N–C) groups is 1. The van der Waals surface area contributed by atoms with Crippen molar-refractivity contribution >= 4 is 11.8 Å². The smallest absolute Gasteiger partial charge is 0.335 e. The van der Waals surface area contributed by atoms with Crippen molar-refractivity contribution in [2.45, 2.75) is 32.2 Å². The van der Waals surface area contributed by atoms with Crippen LogP contribution < -0.4 is 11.5 Å². The van der Waals surface area contributed by atoms with Crippen LogP contribution in [0.3, 0.4) is 0 Å². The van der Waals surface area contributed by atoms with Gasteiger partial charge in [-0.15, -0.1) is 5.92 Å². The minimum atomic E-state index is -1.47. The number of carbonyl (C=O) groups is 1. The molecule has 0 bridgehead atoms. The SMILES string of the molecule is CC(N)=NCCCC#CC(C)(N)C(=O)O. The van der Waals surface area contributed by atoms with Crippen molar-refractivity contribution in [3.63, 3.8) is 0 Å². The predicted molar refractivity (Wildman–Crippen MR) is 59.4 cm³/mol. The molecule has 5 heteroatoms. The van der Waals surface area contributed by atoms with E-state index in [-0.39, 0.29) is 0 Å². The summed E-state index contributed by atoms with van der Waals surface area (Å²) in [6, 6.07) is 0. The van der Waals surface area contributed by atoms with E-state index in [4.69, 9.17) is 16.6 Å². The lowest BCUT2D eigenvalue weighted by Gasteiger charge is -2.09. The van der Waals surface area contributed by atoms with Crippen LogP contribution in [0.4, 0.5) is 0 Å². The first-order valence-corrected chi connectivity index (χ1v) is 4.65. The molecule has 5 nitrogen and oxygen atoms in total. The maximum atomic E-state index is 10.6. The highest BCUT2D eigenvalue weighted by Crippen LogP contribution is 1.97. The van der Waals surface area contributed by atoms with Gasteiger partial charge < -0.3 is 16.6 Å². The largest absolute Gasteiger partial charge is 0.479 e. The average molecular weight is 211 g/mol. The number of carboxylic acid groups (broad SMARTS) is 1. The van der Waals surface area contributed by atoms with Gasteiger partial charge in [-0.2, -0.15) is 0 Å². The summed E-state index contributed by atoms with van der Waals surface area (Å²) in [6.45, 7) is 3.68. The van der Waals surface area contributed by atoms with Crippen LogP contribution in [0.15, 0.2) is 4.99 Å². The summed E-state index contributed by atoms with van der Waals surface area (Å²) in [7, 11) is 0. The molecular weight excluding hydrogens is 194 g/mol. The van der Waals surface area contributed by atoms with E-state index in [0.717, 1.165) is 6.42 Å². The zero-order valence-corrected chi connectivity index (χ0v) is 9.08. The molecule has 0 rings (SSSR count). The fourth-order valence-electron chi connectivity index (χ4n) is 0.722. The van der Waals surface area contributed by atoms with Crippen LogP contribution in [-0.2, 0) is 4.79 Å². The minimum absolute atomic E-state index is 0.539. The number of nitrogens with two attached hydrogens (primary N) is 2. The number of carboxylic acids is 1. The Balaban J connectivity index is 3.91. The lowest BCUT2D eigenvalue weighted by Crippen LogP contribution is -2.43. The molecule has 5 N–H and O–H groups in total. The second kappa shape index (κ2) is 6.04. The lowest BCUT2D eigenvalue weighted by atomic mass is 10.1. The highest BCUT2D eigenvalue weighted by molar-refractivity contribution is 5.82. The van der Waals surface area contributed by atoms with Gasteiger partial charge in [-0.05, 0) is 20.3 Å². The van der Waals surface area contributed by atoms with Crippen LogP contribution in [0, 0.1) is 11.8 Å². The maximum absolute atomic E-state index is 10.6. The van der Waals surface area contributed by atoms with Gasteiger partial charge in [-0.3, -0.25) is 4.99 Å². The molecule has 0 aliphatic carbocycles. The van der Waals surface area contributed by atoms with Gasteiger partial charge in [0.2, 0.25) is 0 Å². The van der Waals surface area contributed by atoms with Gasteiger partial charge in [0.25, 0.3) is 0 Å². The van der Waals surface area contributed by atoms with Crippen molar-refractivity contribution in [1.82, 2.24) is 0 Å². The third kappa shape index (κ3) is 6.52. The summed E-state index contributed by atoms with van der Waals surface area (Å²) in [5.41, 5.74) is 9.27. The Morgan fingerprint density at radius 1 is 1.60 bits per heavy atom. The van der Waals surface area contributed by atoms with Gasteiger partial charge in [0.15, 0.2) is 5.54 Å². The van der Waals surface area contributed by atoms with Gasteiger partial charge in [-0.25, -0.2) is 4.79 Å². The maximum Gasteiger partial charge on any atom is 0.335 e. The molecule has 15 heavy (non-hydrogen) atoms. The first-order chi connectivity index (χ1) is 6.86. The molecule has 0 amide bonds. The summed E-state index contributed by atoms with van der Waals surface area (Å²) in [5.74, 6) is 4.63. The van der Waals surface area contributed by atoms with Gasteiger partial charge in [-0.1, -0.05) is 5.92 Å². The summed E-state index contributed by atoms with van der Waals surface area (Å²) < 4.78 is 0. The van der Waals surface area contributed by atoms with E-state index in [0.29, 0.717) is 18.8 Å². The van der Waals surface area contributed by atoms with Crippen LogP contribution >= 0.6 is 0 Å². The van der Waals surface area contributed by atoms with Crippen LogP contribution in [0.25, 0.3) is 0 Å². The standard InChI is InChI=1S/C10H17N3O2/c1-8(11)13-7-5-3-4-6-10(2,12)9(14)15/h3,5,7,12H2,1-2H3,(H2,11,13)(H,14,15). The van der Waals surface area contributed by atoms with E-state index in [1.54, 1.807) is 6.92 Å². The Morgan fingerprint density at radius 2 is 2.20 bits per heavy atom. The Bertz CT molecular complexity index is 306. The summed E-state index contributed by atoms with van der Waals surface area (Å²) in [5, 5.41) is 8.65. The summed E-state index contributed by atoms with van der Waals surface area (Å²) >= 11 is 0. The highest BCUT2D eigenvalue weighted by Gasteiger charge is 2.24. The quantitative estimate of drug-likeness (QED) is 0.262.